The van der Waals surface area contributed by atoms with Crippen molar-refractivity contribution in [3.8, 4) is 0 Å². The molecule has 0 aliphatic carbocycles. The number of anilines is 1. The molecule has 48 valence electrons. The van der Waals surface area contributed by atoms with E-state index < -0.39 is 0 Å². The standard InChI is InChI=1S/C8H11N/c1-6-3-4-7(2)8(9)5-6/h3-5H,9H2,1-2H3/i1D. The molecule has 0 amide bonds. The highest BCUT2D eigenvalue weighted by Crippen LogP contribution is 2.10. The first-order valence-corrected chi connectivity index (χ1v) is 2.88. The summed E-state index contributed by atoms with van der Waals surface area (Å²) in [7, 11) is 0. The highest BCUT2D eigenvalue weighted by Gasteiger charge is 1.89. The van der Waals surface area contributed by atoms with E-state index in [0.717, 1.165) is 16.8 Å². The second kappa shape index (κ2) is 2.09. The Kier molecular flexibility index (Phi) is 1.13. The largest absolute Gasteiger partial charge is 0.399 e. The van der Waals surface area contributed by atoms with Gasteiger partial charge in [-0.3, -0.25) is 0 Å². The smallest absolute Gasteiger partial charge is 0.0346 e. The van der Waals surface area contributed by atoms with Crippen molar-refractivity contribution in [2.24, 2.45) is 0 Å². The van der Waals surface area contributed by atoms with Crippen LogP contribution in [-0.2, 0) is 0 Å². The van der Waals surface area contributed by atoms with E-state index in [9.17, 15) is 0 Å². The van der Waals surface area contributed by atoms with E-state index in [1.807, 2.05) is 25.1 Å². The second-order valence-corrected chi connectivity index (χ2v) is 2.19. The predicted octanol–water partition coefficient (Wildman–Crippen LogP) is 1.89. The molecule has 0 saturated heterocycles. The Morgan fingerprint density at radius 1 is 1.56 bits per heavy atom. The number of rotatable bonds is 0. The van der Waals surface area contributed by atoms with E-state index in [0.29, 0.717) is 6.90 Å². The molecule has 0 fully saturated rings. The fraction of sp³-hybridized carbons (Fsp3) is 0.250. The van der Waals surface area contributed by atoms with Crippen LogP contribution in [0, 0.1) is 13.8 Å². The van der Waals surface area contributed by atoms with Crippen LogP contribution in [0.2, 0.25) is 0 Å². The fourth-order valence-electron chi connectivity index (χ4n) is 0.690. The zero-order valence-electron chi connectivity index (χ0n) is 6.52. The fourth-order valence-corrected chi connectivity index (χ4v) is 0.690. The Labute approximate surface area is 56.9 Å². The van der Waals surface area contributed by atoms with Crippen molar-refractivity contribution in [1.29, 1.82) is 0 Å². The van der Waals surface area contributed by atoms with E-state index in [1.54, 1.807) is 0 Å². The third-order valence-corrected chi connectivity index (χ3v) is 1.34. The van der Waals surface area contributed by atoms with E-state index in [-0.39, 0.29) is 0 Å². The molecule has 0 saturated carbocycles. The van der Waals surface area contributed by atoms with Crippen molar-refractivity contribution >= 4 is 5.69 Å². The first-order chi connectivity index (χ1) is 4.74. The van der Waals surface area contributed by atoms with Crippen molar-refractivity contribution < 1.29 is 1.37 Å². The van der Waals surface area contributed by atoms with Gasteiger partial charge in [-0.15, -0.1) is 0 Å². The van der Waals surface area contributed by atoms with Gasteiger partial charge in [0, 0.05) is 7.06 Å². The van der Waals surface area contributed by atoms with Gasteiger partial charge in [0.2, 0.25) is 0 Å². The molecule has 9 heavy (non-hydrogen) atoms. The van der Waals surface area contributed by atoms with Crippen LogP contribution in [0.1, 0.15) is 12.5 Å². The molecule has 2 N–H and O–H groups in total. The van der Waals surface area contributed by atoms with Gasteiger partial charge in [-0.2, -0.15) is 0 Å². The molecule has 0 heterocycles. The SMILES string of the molecule is [2H]Cc1ccc(C)c(N)c1. The molecule has 0 spiro atoms. The van der Waals surface area contributed by atoms with Crippen LogP contribution in [-0.4, -0.2) is 0 Å². The molecule has 1 aromatic rings. The molecule has 0 aromatic heterocycles. The number of nitrogens with two attached hydrogens (primary N) is 1. The Morgan fingerprint density at radius 2 is 2.33 bits per heavy atom. The zero-order valence-corrected chi connectivity index (χ0v) is 5.52. The lowest BCUT2D eigenvalue weighted by Crippen LogP contribution is -1.88. The van der Waals surface area contributed by atoms with Crippen molar-refractivity contribution in [2.75, 3.05) is 5.73 Å². The molecular weight excluding hydrogens is 110 g/mol. The summed E-state index contributed by atoms with van der Waals surface area (Å²) in [5.74, 6) is 0. The molecule has 0 unspecified atom stereocenters. The summed E-state index contributed by atoms with van der Waals surface area (Å²) < 4.78 is 7.06. The second-order valence-electron chi connectivity index (χ2n) is 2.19. The Balaban J connectivity index is 3.04. The first-order valence-electron chi connectivity index (χ1n) is 3.59. The van der Waals surface area contributed by atoms with Gasteiger partial charge in [-0.25, -0.2) is 0 Å². The van der Waals surface area contributed by atoms with Crippen molar-refractivity contribution in [2.45, 2.75) is 13.8 Å². The monoisotopic (exact) mass is 122 g/mol. The van der Waals surface area contributed by atoms with Gasteiger partial charge in [0.25, 0.3) is 0 Å². The average Bonchev–Trinajstić information content (AvgIpc) is 1.95. The van der Waals surface area contributed by atoms with Crippen LogP contribution in [0.4, 0.5) is 5.69 Å². The number of hydrogen-bond acceptors (Lipinski definition) is 1. The summed E-state index contributed by atoms with van der Waals surface area (Å²) in [6.45, 7) is 2.27. The molecule has 1 aromatic carbocycles. The molecule has 0 bridgehead atoms. The lowest BCUT2D eigenvalue weighted by Gasteiger charge is -1.98. The van der Waals surface area contributed by atoms with E-state index in [2.05, 4.69) is 0 Å². The minimum Gasteiger partial charge on any atom is -0.399 e. The highest BCUT2D eigenvalue weighted by molar-refractivity contribution is 5.47. The topological polar surface area (TPSA) is 26.0 Å². The molecule has 0 radical (unpaired) electrons. The molecule has 0 aliphatic rings. The molecule has 1 rings (SSSR count). The maximum atomic E-state index is 7.06. The summed E-state index contributed by atoms with van der Waals surface area (Å²) >= 11 is 0. The maximum Gasteiger partial charge on any atom is 0.0346 e. The number of benzene rings is 1. The Morgan fingerprint density at radius 3 is 2.89 bits per heavy atom. The normalized spacial score (nSPS) is 11.0. The van der Waals surface area contributed by atoms with Crippen molar-refractivity contribution in [3.05, 3.63) is 29.3 Å². The molecule has 1 heteroatoms. The van der Waals surface area contributed by atoms with E-state index in [4.69, 9.17) is 7.10 Å². The van der Waals surface area contributed by atoms with Crippen LogP contribution in [0.3, 0.4) is 0 Å². The van der Waals surface area contributed by atoms with Gasteiger partial charge < -0.3 is 5.73 Å². The third-order valence-electron chi connectivity index (χ3n) is 1.34. The van der Waals surface area contributed by atoms with Gasteiger partial charge in [-0.1, -0.05) is 12.1 Å². The Hall–Kier alpha value is -0.980. The van der Waals surface area contributed by atoms with Crippen LogP contribution in [0.25, 0.3) is 0 Å². The molecular formula is C8H11N. The van der Waals surface area contributed by atoms with Crippen LogP contribution in [0.5, 0.6) is 0 Å². The lowest BCUT2D eigenvalue weighted by molar-refractivity contribution is 1.40. The zero-order chi connectivity index (χ0) is 7.56. The maximum absolute atomic E-state index is 7.06. The number of aryl methyl sites for hydroxylation is 2. The highest BCUT2D eigenvalue weighted by atomic mass is 14.5. The summed E-state index contributed by atoms with van der Waals surface area (Å²) in [5, 5.41) is 0. The molecule has 1 nitrogen and oxygen atoms in total. The minimum absolute atomic E-state index is 0.310. The van der Waals surface area contributed by atoms with E-state index >= 15 is 0 Å². The van der Waals surface area contributed by atoms with Gasteiger partial charge in [-0.05, 0) is 31.0 Å². The van der Waals surface area contributed by atoms with Gasteiger partial charge >= 0.3 is 0 Å². The van der Waals surface area contributed by atoms with Crippen LogP contribution >= 0.6 is 0 Å². The van der Waals surface area contributed by atoms with Crippen LogP contribution < -0.4 is 5.73 Å². The Bertz CT molecular complexity index is 233. The van der Waals surface area contributed by atoms with Crippen molar-refractivity contribution in [1.82, 2.24) is 0 Å². The summed E-state index contributed by atoms with van der Waals surface area (Å²) in [6.07, 6.45) is 0. The summed E-state index contributed by atoms with van der Waals surface area (Å²) in [5.41, 5.74) is 8.45. The molecule has 0 aliphatic heterocycles. The lowest BCUT2D eigenvalue weighted by atomic mass is 10.1. The predicted molar refractivity (Wildman–Crippen MR) is 40.3 cm³/mol. The van der Waals surface area contributed by atoms with Gasteiger partial charge in [0.05, 0.1) is 0 Å². The third kappa shape index (κ3) is 1.22. The summed E-state index contributed by atoms with van der Waals surface area (Å²) in [6, 6.07) is 5.72. The summed E-state index contributed by atoms with van der Waals surface area (Å²) in [4.78, 5) is 0. The van der Waals surface area contributed by atoms with Crippen molar-refractivity contribution in [3.63, 3.8) is 0 Å². The van der Waals surface area contributed by atoms with Crippen LogP contribution in [0.15, 0.2) is 18.2 Å². The minimum atomic E-state index is 0.310. The first kappa shape index (κ1) is 4.86. The van der Waals surface area contributed by atoms with E-state index in [1.165, 1.54) is 0 Å². The van der Waals surface area contributed by atoms with Gasteiger partial charge in [0.1, 0.15) is 0 Å². The number of hydrogen-bond donors (Lipinski definition) is 1. The van der Waals surface area contributed by atoms with Gasteiger partial charge in [0.15, 0.2) is 0 Å². The quantitative estimate of drug-likeness (QED) is 0.522. The molecule has 0 atom stereocenters. The number of nitrogen functional groups attached to an aromatic ring is 1. The average molecular weight is 122 g/mol.